The van der Waals surface area contributed by atoms with Crippen molar-refractivity contribution in [1.82, 2.24) is 9.80 Å². The molecule has 0 saturated carbocycles. The van der Waals surface area contributed by atoms with E-state index in [1.54, 1.807) is 0 Å². The molecule has 1 saturated heterocycles. The van der Waals surface area contributed by atoms with E-state index in [1.807, 2.05) is 57.7 Å². The van der Waals surface area contributed by atoms with Crippen LogP contribution in [0.5, 0.6) is 0 Å². The second kappa shape index (κ2) is 15.5. The molecule has 0 aromatic heterocycles. The van der Waals surface area contributed by atoms with Crippen LogP contribution in [0.1, 0.15) is 78.7 Å². The summed E-state index contributed by atoms with van der Waals surface area (Å²) in [6.07, 6.45) is 4.02. The van der Waals surface area contributed by atoms with E-state index in [2.05, 4.69) is 53.0 Å². The van der Waals surface area contributed by atoms with Crippen LogP contribution in [0.2, 0.25) is 5.02 Å². The molecule has 1 heterocycles. The first-order valence-corrected chi connectivity index (χ1v) is 13.7. The molecule has 33 heavy (non-hydrogen) atoms. The van der Waals surface area contributed by atoms with Crippen LogP contribution in [-0.2, 0) is 0 Å². The number of likely N-dealkylation sites (N-methyl/N-ethyl adjacent to an activating group) is 1. The van der Waals surface area contributed by atoms with Crippen molar-refractivity contribution >= 4 is 33.4 Å². The highest BCUT2D eigenvalue weighted by molar-refractivity contribution is 9.09. The Hall–Kier alpha value is -1.36. The summed E-state index contributed by atoms with van der Waals surface area (Å²) in [6, 6.07) is 12.4. The predicted octanol–water partition coefficient (Wildman–Crippen LogP) is 7.99. The highest BCUT2D eigenvalue weighted by atomic mass is 79.9. The monoisotopic (exact) mass is 536 g/mol. The fourth-order valence-electron chi connectivity index (χ4n) is 3.86. The van der Waals surface area contributed by atoms with E-state index in [1.165, 1.54) is 24.6 Å². The van der Waals surface area contributed by atoms with Gasteiger partial charge in [-0.1, -0.05) is 90.5 Å². The fraction of sp³-hybridized carbons (Fsp3) is 0.536. The highest BCUT2D eigenvalue weighted by Crippen LogP contribution is 2.28. The number of rotatable bonds is 5. The van der Waals surface area contributed by atoms with Gasteiger partial charge >= 0.3 is 0 Å². The SMILES string of the molecule is CC.CCCCCBr.Cc1cc(C)cc(C(=O)N2CCN(C)C(c3ccc(C)c(Cl)c3)C2)c1. The van der Waals surface area contributed by atoms with Gasteiger partial charge in [-0.15, -0.1) is 0 Å². The molecule has 0 radical (unpaired) electrons. The molecule has 0 bridgehead atoms. The van der Waals surface area contributed by atoms with E-state index < -0.39 is 0 Å². The fourth-order valence-corrected chi connectivity index (χ4v) is 4.45. The molecule has 1 atom stereocenters. The molecule has 1 aliphatic rings. The molecule has 1 amide bonds. The van der Waals surface area contributed by atoms with Crippen molar-refractivity contribution in [3.63, 3.8) is 0 Å². The summed E-state index contributed by atoms with van der Waals surface area (Å²) in [5.41, 5.74) is 5.27. The summed E-state index contributed by atoms with van der Waals surface area (Å²) in [5, 5.41) is 1.95. The third kappa shape index (κ3) is 9.42. The van der Waals surface area contributed by atoms with Crippen LogP contribution >= 0.6 is 27.5 Å². The number of unbranched alkanes of at least 4 members (excludes halogenated alkanes) is 2. The number of halogens is 2. The Morgan fingerprint density at radius 3 is 2.18 bits per heavy atom. The van der Waals surface area contributed by atoms with E-state index in [0.717, 1.165) is 45.9 Å². The van der Waals surface area contributed by atoms with Gasteiger partial charge in [-0.2, -0.15) is 0 Å². The maximum atomic E-state index is 13.0. The number of nitrogens with zero attached hydrogens (tertiary/aromatic N) is 2. The van der Waals surface area contributed by atoms with E-state index >= 15 is 0 Å². The Morgan fingerprint density at radius 2 is 1.67 bits per heavy atom. The lowest BCUT2D eigenvalue weighted by molar-refractivity contribution is 0.0546. The summed E-state index contributed by atoms with van der Waals surface area (Å²) in [5.74, 6) is 0.114. The average Bonchev–Trinajstić information content (AvgIpc) is 2.80. The van der Waals surface area contributed by atoms with Crippen molar-refractivity contribution in [2.75, 3.05) is 32.0 Å². The topological polar surface area (TPSA) is 23.6 Å². The summed E-state index contributed by atoms with van der Waals surface area (Å²) < 4.78 is 0. The van der Waals surface area contributed by atoms with Gasteiger partial charge in [0.2, 0.25) is 0 Å². The second-order valence-electron chi connectivity index (χ2n) is 8.53. The number of hydrogen-bond donors (Lipinski definition) is 0. The number of benzene rings is 2. The lowest BCUT2D eigenvalue weighted by atomic mass is 10.0. The van der Waals surface area contributed by atoms with Crippen molar-refractivity contribution in [3.05, 3.63) is 69.2 Å². The maximum Gasteiger partial charge on any atom is 0.253 e. The molecular weight excluding hydrogens is 496 g/mol. The lowest BCUT2D eigenvalue weighted by Crippen LogP contribution is -2.49. The van der Waals surface area contributed by atoms with Crippen LogP contribution < -0.4 is 0 Å². The molecule has 0 spiro atoms. The number of hydrogen-bond acceptors (Lipinski definition) is 2. The van der Waals surface area contributed by atoms with Gasteiger partial charge in [0.1, 0.15) is 0 Å². The molecule has 1 aliphatic heterocycles. The van der Waals surface area contributed by atoms with Gasteiger partial charge in [0.05, 0.1) is 6.04 Å². The van der Waals surface area contributed by atoms with Crippen LogP contribution in [0, 0.1) is 20.8 Å². The Kier molecular flexibility index (Phi) is 14.0. The van der Waals surface area contributed by atoms with Gasteiger partial charge in [-0.3, -0.25) is 9.69 Å². The number of piperazine rings is 1. The van der Waals surface area contributed by atoms with E-state index in [9.17, 15) is 4.79 Å². The maximum absolute atomic E-state index is 13.0. The molecule has 184 valence electrons. The summed E-state index contributed by atoms with van der Waals surface area (Å²) in [7, 11) is 2.11. The van der Waals surface area contributed by atoms with Crippen molar-refractivity contribution in [3.8, 4) is 0 Å². The van der Waals surface area contributed by atoms with Gasteiger partial charge in [-0.05, 0) is 63.6 Å². The zero-order valence-electron chi connectivity index (χ0n) is 21.5. The van der Waals surface area contributed by atoms with E-state index in [-0.39, 0.29) is 11.9 Å². The molecule has 0 aliphatic carbocycles. The normalized spacial score (nSPS) is 15.8. The highest BCUT2D eigenvalue weighted by Gasteiger charge is 2.29. The first-order chi connectivity index (χ1) is 15.8. The first kappa shape index (κ1) is 29.7. The van der Waals surface area contributed by atoms with Crippen LogP contribution in [-0.4, -0.2) is 47.7 Å². The number of carbonyl (C=O) groups excluding carboxylic acids is 1. The smallest absolute Gasteiger partial charge is 0.253 e. The Labute approximate surface area is 215 Å². The van der Waals surface area contributed by atoms with Crippen LogP contribution in [0.25, 0.3) is 0 Å². The second-order valence-corrected chi connectivity index (χ2v) is 9.73. The van der Waals surface area contributed by atoms with Gasteiger partial charge < -0.3 is 4.90 Å². The summed E-state index contributed by atoms with van der Waals surface area (Å²) in [4.78, 5) is 17.3. The number of aryl methyl sites for hydroxylation is 3. The van der Waals surface area contributed by atoms with Gasteiger partial charge in [0, 0.05) is 35.6 Å². The minimum atomic E-state index is 0.114. The van der Waals surface area contributed by atoms with Crippen molar-refractivity contribution in [2.45, 2.75) is 66.8 Å². The minimum absolute atomic E-state index is 0.114. The van der Waals surface area contributed by atoms with Gasteiger partial charge in [0.25, 0.3) is 5.91 Å². The molecule has 0 N–H and O–H groups in total. The van der Waals surface area contributed by atoms with E-state index in [0.29, 0.717) is 6.54 Å². The molecule has 1 fully saturated rings. The van der Waals surface area contributed by atoms with Crippen molar-refractivity contribution in [1.29, 1.82) is 0 Å². The van der Waals surface area contributed by atoms with E-state index in [4.69, 9.17) is 11.6 Å². The molecule has 1 unspecified atom stereocenters. The number of carbonyl (C=O) groups is 1. The molecule has 3 rings (SSSR count). The number of alkyl halides is 1. The third-order valence-electron chi connectivity index (χ3n) is 5.72. The molecular formula is C28H42BrClN2O. The molecule has 5 heteroatoms. The van der Waals surface area contributed by atoms with Crippen molar-refractivity contribution < 1.29 is 4.79 Å². The lowest BCUT2D eigenvalue weighted by Gasteiger charge is -2.40. The predicted molar refractivity (Wildman–Crippen MR) is 148 cm³/mol. The van der Waals surface area contributed by atoms with Gasteiger partial charge in [0.15, 0.2) is 0 Å². The Bertz CT molecular complexity index is 847. The molecule has 2 aromatic rings. The van der Waals surface area contributed by atoms with Gasteiger partial charge in [-0.25, -0.2) is 0 Å². The minimum Gasteiger partial charge on any atom is -0.335 e. The van der Waals surface area contributed by atoms with Crippen molar-refractivity contribution in [2.24, 2.45) is 0 Å². The quantitative estimate of drug-likeness (QED) is 0.285. The Morgan fingerprint density at radius 1 is 1.03 bits per heavy atom. The zero-order valence-corrected chi connectivity index (χ0v) is 23.9. The summed E-state index contributed by atoms with van der Waals surface area (Å²) >= 11 is 9.66. The largest absolute Gasteiger partial charge is 0.335 e. The third-order valence-corrected chi connectivity index (χ3v) is 6.69. The van der Waals surface area contributed by atoms with Crippen LogP contribution in [0.15, 0.2) is 36.4 Å². The standard InChI is InChI=1S/C21H25ClN2O.C5H11Br.C2H6/c1-14-9-15(2)11-18(10-14)21(25)24-8-7-23(4)20(13-24)17-6-5-16(3)19(22)12-17;1-2-3-4-5-6;1-2/h5-6,9-12,20H,7-8,13H2,1-4H3;2-5H2,1H3;1-2H3. The van der Waals surface area contributed by atoms with Crippen LogP contribution in [0.4, 0.5) is 0 Å². The summed E-state index contributed by atoms with van der Waals surface area (Å²) in [6.45, 7) is 14.6. The average molecular weight is 538 g/mol. The molecule has 2 aromatic carbocycles. The van der Waals surface area contributed by atoms with Crippen LogP contribution in [0.3, 0.4) is 0 Å². The zero-order chi connectivity index (χ0) is 25.0. The Balaban J connectivity index is 0.000000593. The molecule has 3 nitrogen and oxygen atoms in total. The number of amides is 1. The first-order valence-electron chi connectivity index (χ1n) is 12.2.